The molecular weight excluding hydrogens is 248 g/mol. The van der Waals surface area contributed by atoms with Crippen molar-refractivity contribution in [3.05, 3.63) is 65.2 Å². The molecule has 0 radical (unpaired) electrons. The first-order valence-corrected chi connectivity index (χ1v) is 6.85. The predicted octanol–water partition coefficient (Wildman–Crippen LogP) is 4.07. The zero-order valence-corrected chi connectivity index (χ0v) is 12.6. The molecule has 2 rings (SSSR count). The van der Waals surface area contributed by atoms with Gasteiger partial charge in [0.15, 0.2) is 0 Å². The molecule has 0 aliphatic carbocycles. The normalized spacial score (nSPS) is 13.1. The summed E-state index contributed by atoms with van der Waals surface area (Å²) < 4.78 is 5.46. The van der Waals surface area contributed by atoms with Gasteiger partial charge in [0.05, 0.1) is 7.11 Å². The summed E-state index contributed by atoms with van der Waals surface area (Å²) in [6, 6.07) is 15.7. The summed E-state index contributed by atoms with van der Waals surface area (Å²) in [7, 11) is 1.64. The van der Waals surface area contributed by atoms with Crippen molar-refractivity contribution in [2.45, 2.75) is 32.3 Å². The van der Waals surface area contributed by atoms with Gasteiger partial charge in [-0.3, -0.25) is 0 Å². The van der Waals surface area contributed by atoms with Crippen molar-refractivity contribution in [1.82, 2.24) is 0 Å². The average molecular weight is 270 g/mol. The molecule has 0 aliphatic rings. The highest BCUT2D eigenvalue weighted by Crippen LogP contribution is 2.34. The third-order valence-electron chi connectivity index (χ3n) is 3.51. The number of aliphatic hydroxyl groups is 1. The zero-order chi connectivity index (χ0) is 14.8. The van der Waals surface area contributed by atoms with Crippen molar-refractivity contribution >= 4 is 0 Å². The van der Waals surface area contributed by atoms with Crippen LogP contribution >= 0.6 is 0 Å². The molecule has 2 nitrogen and oxygen atoms in total. The Kier molecular flexibility index (Phi) is 4.15. The van der Waals surface area contributed by atoms with Gasteiger partial charge in [-0.05, 0) is 22.6 Å². The molecule has 0 aliphatic heterocycles. The van der Waals surface area contributed by atoms with E-state index in [2.05, 4.69) is 26.8 Å². The highest BCUT2D eigenvalue weighted by molar-refractivity contribution is 5.44. The highest BCUT2D eigenvalue weighted by Gasteiger charge is 2.19. The highest BCUT2D eigenvalue weighted by atomic mass is 16.5. The SMILES string of the molecule is COc1cc(C(C)(C)C)ccc1C(O)c1ccccc1. The number of aliphatic hydroxyl groups excluding tert-OH is 1. The number of benzene rings is 2. The van der Waals surface area contributed by atoms with E-state index in [1.165, 1.54) is 5.56 Å². The Morgan fingerprint density at radius 1 is 1.00 bits per heavy atom. The van der Waals surface area contributed by atoms with E-state index in [0.29, 0.717) is 0 Å². The van der Waals surface area contributed by atoms with E-state index in [9.17, 15) is 5.11 Å². The standard InChI is InChI=1S/C18H22O2/c1-18(2,3)14-10-11-15(16(12-14)20-4)17(19)13-8-6-5-7-9-13/h5-12,17,19H,1-4H3. The Balaban J connectivity index is 2.42. The van der Waals surface area contributed by atoms with Crippen LogP contribution in [0.4, 0.5) is 0 Å². The second-order valence-corrected chi connectivity index (χ2v) is 6.02. The molecular formula is C18H22O2. The van der Waals surface area contributed by atoms with Gasteiger partial charge in [0.25, 0.3) is 0 Å². The summed E-state index contributed by atoms with van der Waals surface area (Å²) in [6.07, 6.45) is -0.667. The van der Waals surface area contributed by atoms with Crippen LogP contribution in [0, 0.1) is 0 Å². The molecule has 0 saturated carbocycles. The Bertz CT molecular complexity index is 568. The first kappa shape index (κ1) is 14.6. The molecule has 0 fully saturated rings. The Morgan fingerprint density at radius 3 is 2.20 bits per heavy atom. The average Bonchev–Trinajstić information content (AvgIpc) is 2.45. The Hall–Kier alpha value is -1.80. The molecule has 1 N–H and O–H groups in total. The van der Waals surface area contributed by atoms with Crippen LogP contribution in [0.5, 0.6) is 5.75 Å². The van der Waals surface area contributed by atoms with E-state index in [1.54, 1.807) is 7.11 Å². The summed E-state index contributed by atoms with van der Waals surface area (Å²) in [6.45, 7) is 6.49. The lowest BCUT2D eigenvalue weighted by Gasteiger charge is -2.22. The van der Waals surface area contributed by atoms with Crippen LogP contribution in [0.15, 0.2) is 48.5 Å². The van der Waals surface area contributed by atoms with Gasteiger partial charge < -0.3 is 9.84 Å². The van der Waals surface area contributed by atoms with Gasteiger partial charge >= 0.3 is 0 Å². The molecule has 106 valence electrons. The number of hydrogen-bond donors (Lipinski definition) is 1. The lowest BCUT2D eigenvalue weighted by atomic mass is 9.85. The summed E-state index contributed by atoms with van der Waals surface area (Å²) in [5, 5.41) is 10.5. The van der Waals surface area contributed by atoms with Gasteiger partial charge in [-0.15, -0.1) is 0 Å². The largest absolute Gasteiger partial charge is 0.496 e. The quantitative estimate of drug-likeness (QED) is 0.910. The minimum atomic E-state index is -0.667. The molecule has 1 atom stereocenters. The first-order valence-electron chi connectivity index (χ1n) is 6.85. The lowest BCUT2D eigenvalue weighted by molar-refractivity contribution is 0.214. The van der Waals surface area contributed by atoms with Crippen molar-refractivity contribution in [3.8, 4) is 5.75 Å². The first-order chi connectivity index (χ1) is 9.43. The maximum absolute atomic E-state index is 10.5. The molecule has 2 heteroatoms. The van der Waals surface area contributed by atoms with Crippen molar-refractivity contribution in [2.75, 3.05) is 7.11 Å². The fourth-order valence-electron chi connectivity index (χ4n) is 2.22. The molecule has 0 bridgehead atoms. The second-order valence-electron chi connectivity index (χ2n) is 6.02. The van der Waals surface area contributed by atoms with Crippen LogP contribution < -0.4 is 4.74 Å². The molecule has 2 aromatic carbocycles. The zero-order valence-electron chi connectivity index (χ0n) is 12.6. The number of hydrogen-bond acceptors (Lipinski definition) is 2. The molecule has 2 aromatic rings. The summed E-state index contributed by atoms with van der Waals surface area (Å²) in [5.41, 5.74) is 2.92. The van der Waals surface area contributed by atoms with E-state index >= 15 is 0 Å². The molecule has 0 heterocycles. The van der Waals surface area contributed by atoms with Crippen LogP contribution in [0.25, 0.3) is 0 Å². The fourth-order valence-corrected chi connectivity index (χ4v) is 2.22. The molecule has 20 heavy (non-hydrogen) atoms. The number of methoxy groups -OCH3 is 1. The van der Waals surface area contributed by atoms with Gasteiger partial charge in [0.2, 0.25) is 0 Å². The van der Waals surface area contributed by atoms with E-state index in [1.807, 2.05) is 42.5 Å². The smallest absolute Gasteiger partial charge is 0.125 e. The summed E-state index contributed by atoms with van der Waals surface area (Å²) in [5.74, 6) is 0.730. The molecule has 0 saturated heterocycles. The predicted molar refractivity (Wildman–Crippen MR) is 82.2 cm³/mol. The Morgan fingerprint density at radius 2 is 1.65 bits per heavy atom. The topological polar surface area (TPSA) is 29.5 Å². The maximum atomic E-state index is 10.5. The van der Waals surface area contributed by atoms with E-state index in [0.717, 1.165) is 16.9 Å². The van der Waals surface area contributed by atoms with Crippen molar-refractivity contribution < 1.29 is 9.84 Å². The van der Waals surface area contributed by atoms with Crippen LogP contribution in [-0.2, 0) is 5.41 Å². The molecule has 0 spiro atoms. The number of ether oxygens (including phenoxy) is 1. The van der Waals surface area contributed by atoms with Gasteiger partial charge in [-0.25, -0.2) is 0 Å². The lowest BCUT2D eigenvalue weighted by Crippen LogP contribution is -2.12. The van der Waals surface area contributed by atoms with Gasteiger partial charge in [0.1, 0.15) is 11.9 Å². The van der Waals surface area contributed by atoms with Crippen LogP contribution in [-0.4, -0.2) is 12.2 Å². The van der Waals surface area contributed by atoms with E-state index in [-0.39, 0.29) is 5.41 Å². The van der Waals surface area contributed by atoms with Crippen LogP contribution in [0.1, 0.15) is 43.6 Å². The van der Waals surface area contributed by atoms with E-state index < -0.39 is 6.10 Å². The molecule has 0 aromatic heterocycles. The van der Waals surface area contributed by atoms with E-state index in [4.69, 9.17) is 4.74 Å². The maximum Gasteiger partial charge on any atom is 0.125 e. The minimum absolute atomic E-state index is 0.0590. The second kappa shape index (κ2) is 5.68. The van der Waals surface area contributed by atoms with Crippen molar-refractivity contribution in [1.29, 1.82) is 0 Å². The van der Waals surface area contributed by atoms with Crippen LogP contribution in [0.2, 0.25) is 0 Å². The third kappa shape index (κ3) is 3.02. The van der Waals surface area contributed by atoms with Crippen molar-refractivity contribution in [2.24, 2.45) is 0 Å². The molecule has 1 unspecified atom stereocenters. The third-order valence-corrected chi connectivity index (χ3v) is 3.51. The fraction of sp³-hybridized carbons (Fsp3) is 0.333. The number of rotatable bonds is 3. The summed E-state index contributed by atoms with van der Waals surface area (Å²) >= 11 is 0. The van der Waals surface area contributed by atoms with Gasteiger partial charge in [0, 0.05) is 5.56 Å². The van der Waals surface area contributed by atoms with Gasteiger partial charge in [-0.1, -0.05) is 63.2 Å². The van der Waals surface area contributed by atoms with Gasteiger partial charge in [-0.2, -0.15) is 0 Å². The monoisotopic (exact) mass is 270 g/mol. The minimum Gasteiger partial charge on any atom is -0.496 e. The van der Waals surface area contributed by atoms with Crippen LogP contribution in [0.3, 0.4) is 0 Å². The Labute approximate surface area is 121 Å². The van der Waals surface area contributed by atoms with Crippen molar-refractivity contribution in [3.63, 3.8) is 0 Å². The molecule has 0 amide bonds. The summed E-state index contributed by atoms with van der Waals surface area (Å²) in [4.78, 5) is 0.